The molecular weight excluding hydrogens is 508 g/mol. The topological polar surface area (TPSA) is 80.9 Å². The van der Waals surface area contributed by atoms with Crippen molar-refractivity contribution in [2.24, 2.45) is 0 Å². The molecule has 4 N–H and O–H groups in total. The summed E-state index contributed by atoms with van der Waals surface area (Å²) >= 11 is 0. The molecule has 4 nitrogen and oxygen atoms in total. The van der Waals surface area contributed by atoms with Gasteiger partial charge in [-0.15, -0.1) is 0 Å². The van der Waals surface area contributed by atoms with E-state index >= 15 is 0 Å². The van der Waals surface area contributed by atoms with Crippen LogP contribution in [-0.4, -0.2) is 20.4 Å². The number of rotatable bonds is 8. The lowest BCUT2D eigenvalue weighted by Gasteiger charge is -2.44. The first kappa shape index (κ1) is 27.9. The van der Waals surface area contributed by atoms with Gasteiger partial charge in [0, 0.05) is 10.8 Å². The fourth-order valence-corrected chi connectivity index (χ4v) is 6.16. The van der Waals surface area contributed by atoms with E-state index in [2.05, 4.69) is 37.3 Å². The summed E-state index contributed by atoms with van der Waals surface area (Å²) in [4.78, 5) is 0. The van der Waals surface area contributed by atoms with Crippen LogP contribution in [0.15, 0.2) is 115 Å². The summed E-state index contributed by atoms with van der Waals surface area (Å²) < 4.78 is 0. The lowest BCUT2D eigenvalue weighted by molar-refractivity contribution is 0.364. The highest BCUT2D eigenvalue weighted by atomic mass is 16.3. The van der Waals surface area contributed by atoms with Crippen molar-refractivity contribution in [2.45, 2.75) is 44.4 Å². The number of aromatic hydroxyl groups is 4. The van der Waals surface area contributed by atoms with Gasteiger partial charge in [-0.3, -0.25) is 0 Å². The fourth-order valence-electron chi connectivity index (χ4n) is 6.16. The van der Waals surface area contributed by atoms with E-state index in [0.29, 0.717) is 12.8 Å². The predicted octanol–water partition coefficient (Wildman–Crippen LogP) is 8.05. The van der Waals surface area contributed by atoms with Crippen molar-refractivity contribution >= 4 is 0 Å². The Balaban J connectivity index is 1.82. The zero-order chi connectivity index (χ0) is 29.2. The van der Waals surface area contributed by atoms with Gasteiger partial charge in [0.1, 0.15) is 23.0 Å². The second-order valence-electron chi connectivity index (χ2n) is 11.3. The molecule has 1 atom stereocenters. The second kappa shape index (κ2) is 11.1. The summed E-state index contributed by atoms with van der Waals surface area (Å²) in [7, 11) is 0. The molecular formula is C37H36O4. The van der Waals surface area contributed by atoms with Crippen LogP contribution >= 0.6 is 0 Å². The lowest BCUT2D eigenvalue weighted by atomic mass is 9.58. The van der Waals surface area contributed by atoms with E-state index in [0.717, 1.165) is 38.9 Å². The number of phenolic OH excluding ortho intramolecular Hbond substituents is 4. The van der Waals surface area contributed by atoms with Gasteiger partial charge in [-0.05, 0) is 102 Å². The molecule has 5 aromatic rings. The predicted molar refractivity (Wildman–Crippen MR) is 164 cm³/mol. The van der Waals surface area contributed by atoms with Crippen LogP contribution in [0.1, 0.15) is 52.3 Å². The van der Waals surface area contributed by atoms with E-state index in [1.165, 1.54) is 0 Å². The smallest absolute Gasteiger partial charge is 0.118 e. The molecule has 5 aromatic carbocycles. The molecule has 0 aromatic heterocycles. The van der Waals surface area contributed by atoms with Crippen molar-refractivity contribution in [1.29, 1.82) is 0 Å². The van der Waals surface area contributed by atoms with E-state index < -0.39 is 10.8 Å². The van der Waals surface area contributed by atoms with E-state index in [1.54, 1.807) is 36.4 Å². The van der Waals surface area contributed by atoms with Crippen molar-refractivity contribution in [1.82, 2.24) is 0 Å². The van der Waals surface area contributed by atoms with Gasteiger partial charge < -0.3 is 20.4 Å². The van der Waals surface area contributed by atoms with Gasteiger partial charge in [-0.1, -0.05) is 85.8 Å². The highest BCUT2D eigenvalue weighted by Gasteiger charge is 2.43. The highest BCUT2D eigenvalue weighted by molar-refractivity contribution is 5.51. The molecule has 0 amide bonds. The molecule has 0 bridgehead atoms. The zero-order valence-corrected chi connectivity index (χ0v) is 23.7. The molecule has 0 fully saturated rings. The minimum absolute atomic E-state index is 0.199. The average molecular weight is 545 g/mol. The first-order valence-corrected chi connectivity index (χ1v) is 13.8. The van der Waals surface area contributed by atoms with Gasteiger partial charge in [-0.2, -0.15) is 0 Å². The van der Waals surface area contributed by atoms with Crippen LogP contribution in [0.3, 0.4) is 0 Å². The third-order valence-electron chi connectivity index (χ3n) is 8.51. The number of hydrogen-bond acceptors (Lipinski definition) is 4. The molecule has 0 saturated heterocycles. The maximum Gasteiger partial charge on any atom is 0.118 e. The molecule has 0 heterocycles. The van der Waals surface area contributed by atoms with Gasteiger partial charge in [0.05, 0.1) is 0 Å². The number of phenols is 4. The van der Waals surface area contributed by atoms with Crippen LogP contribution in [0, 0.1) is 13.8 Å². The molecule has 5 rings (SSSR count). The third kappa shape index (κ3) is 5.51. The van der Waals surface area contributed by atoms with Gasteiger partial charge in [0.15, 0.2) is 0 Å². The summed E-state index contributed by atoms with van der Waals surface area (Å²) in [5.41, 5.74) is 5.79. The summed E-state index contributed by atoms with van der Waals surface area (Å²) in [6, 6.07) is 36.8. The summed E-state index contributed by atoms with van der Waals surface area (Å²) in [5.74, 6) is 0.906. The summed E-state index contributed by atoms with van der Waals surface area (Å²) in [5, 5.41) is 41.1. The molecule has 0 aliphatic heterocycles. The van der Waals surface area contributed by atoms with Gasteiger partial charge >= 0.3 is 0 Å². The van der Waals surface area contributed by atoms with E-state index in [4.69, 9.17) is 0 Å². The Bertz CT molecular complexity index is 1590. The molecule has 1 unspecified atom stereocenters. The minimum Gasteiger partial charge on any atom is -0.508 e. The van der Waals surface area contributed by atoms with Crippen LogP contribution in [0.4, 0.5) is 0 Å². The Morgan fingerprint density at radius 3 is 1.51 bits per heavy atom. The first-order chi connectivity index (χ1) is 19.6. The van der Waals surface area contributed by atoms with Crippen LogP contribution in [0.25, 0.3) is 0 Å². The number of benzene rings is 5. The summed E-state index contributed by atoms with van der Waals surface area (Å²) in [6.07, 6.45) is 1.26. The molecule has 4 heteroatoms. The van der Waals surface area contributed by atoms with Crippen LogP contribution in [0.2, 0.25) is 0 Å². The second-order valence-corrected chi connectivity index (χ2v) is 11.3. The van der Waals surface area contributed by atoms with E-state index in [1.807, 2.05) is 62.4 Å². The van der Waals surface area contributed by atoms with Crippen molar-refractivity contribution < 1.29 is 20.4 Å². The Hall–Kier alpha value is -4.70. The van der Waals surface area contributed by atoms with Crippen molar-refractivity contribution in [3.63, 3.8) is 0 Å². The highest BCUT2D eigenvalue weighted by Crippen LogP contribution is 2.50. The van der Waals surface area contributed by atoms with Crippen molar-refractivity contribution in [3.8, 4) is 23.0 Å². The van der Waals surface area contributed by atoms with Crippen LogP contribution < -0.4 is 0 Å². The van der Waals surface area contributed by atoms with Gasteiger partial charge in [0.2, 0.25) is 0 Å². The molecule has 0 radical (unpaired) electrons. The lowest BCUT2D eigenvalue weighted by Crippen LogP contribution is -2.40. The number of hydrogen-bond donors (Lipinski definition) is 4. The third-order valence-corrected chi connectivity index (χ3v) is 8.51. The quantitative estimate of drug-likeness (QED) is 0.159. The van der Waals surface area contributed by atoms with Crippen molar-refractivity contribution in [3.05, 3.63) is 154 Å². The Kier molecular flexibility index (Phi) is 7.51. The molecule has 0 aliphatic carbocycles. The average Bonchev–Trinajstić information content (AvgIpc) is 2.97. The first-order valence-electron chi connectivity index (χ1n) is 13.8. The van der Waals surface area contributed by atoms with Crippen LogP contribution in [0.5, 0.6) is 23.0 Å². The maximum absolute atomic E-state index is 10.5. The monoisotopic (exact) mass is 544 g/mol. The number of aryl methyl sites for hydroxylation is 2. The van der Waals surface area contributed by atoms with Crippen molar-refractivity contribution in [2.75, 3.05) is 0 Å². The molecule has 0 aliphatic rings. The van der Waals surface area contributed by atoms with E-state index in [9.17, 15) is 20.4 Å². The standard InChI is InChI=1S/C37H36O4/c1-25-21-27(9-19-34(25)40)23-37(30-7-5-4-6-8-30,31-14-20-35(41)26(2)22-31)24-36(3,28-10-15-32(38)16-11-28)29-12-17-33(39)18-13-29/h4-22,38-41H,23-24H2,1-3H3. The Morgan fingerprint density at radius 2 is 1.00 bits per heavy atom. The molecule has 0 spiro atoms. The largest absolute Gasteiger partial charge is 0.508 e. The summed E-state index contributed by atoms with van der Waals surface area (Å²) in [6.45, 7) is 6.03. The molecule has 0 saturated carbocycles. The minimum atomic E-state index is -0.576. The fraction of sp³-hybridized carbons (Fsp3) is 0.189. The Morgan fingerprint density at radius 1 is 0.512 bits per heavy atom. The SMILES string of the molecule is Cc1cc(CC(CC(C)(c2ccc(O)cc2)c2ccc(O)cc2)(c2ccccc2)c2ccc(O)c(C)c2)ccc1O. The van der Waals surface area contributed by atoms with Crippen LogP contribution in [-0.2, 0) is 17.3 Å². The molecule has 208 valence electrons. The van der Waals surface area contributed by atoms with E-state index in [-0.39, 0.29) is 23.0 Å². The molecule has 41 heavy (non-hydrogen) atoms. The van der Waals surface area contributed by atoms with Gasteiger partial charge in [-0.25, -0.2) is 0 Å². The zero-order valence-electron chi connectivity index (χ0n) is 23.7. The Labute approximate surface area is 241 Å². The maximum atomic E-state index is 10.5. The van der Waals surface area contributed by atoms with Gasteiger partial charge in [0.25, 0.3) is 0 Å². The normalized spacial score (nSPS) is 13.0.